The van der Waals surface area contributed by atoms with Crippen molar-refractivity contribution in [2.75, 3.05) is 0 Å². The fraction of sp³-hybridized carbons (Fsp3) is 0.235. The highest BCUT2D eigenvalue weighted by Gasteiger charge is 2.32. The lowest BCUT2D eigenvalue weighted by Crippen LogP contribution is -2.23. The Morgan fingerprint density at radius 1 is 1.20 bits per heavy atom. The molecule has 0 spiro atoms. The SMILES string of the molecule is CC(C)C1C(C#N)=C(N)Oc2ccc3ccccc3c21. The highest BCUT2D eigenvalue weighted by molar-refractivity contribution is 5.89. The van der Waals surface area contributed by atoms with E-state index in [1.807, 2.05) is 24.3 Å². The van der Waals surface area contributed by atoms with Crippen LogP contribution in [0.3, 0.4) is 0 Å². The molecule has 3 rings (SSSR count). The lowest BCUT2D eigenvalue weighted by Gasteiger charge is -2.29. The van der Waals surface area contributed by atoms with Crippen molar-refractivity contribution in [1.29, 1.82) is 5.26 Å². The lowest BCUT2D eigenvalue weighted by atomic mass is 9.79. The summed E-state index contributed by atoms with van der Waals surface area (Å²) in [5, 5.41) is 11.7. The number of benzene rings is 2. The number of hydrogen-bond donors (Lipinski definition) is 1. The van der Waals surface area contributed by atoms with Gasteiger partial charge < -0.3 is 10.5 Å². The van der Waals surface area contributed by atoms with E-state index in [4.69, 9.17) is 10.5 Å². The van der Waals surface area contributed by atoms with E-state index < -0.39 is 0 Å². The second-order valence-electron chi connectivity index (χ2n) is 5.41. The lowest BCUT2D eigenvalue weighted by molar-refractivity contribution is 0.374. The van der Waals surface area contributed by atoms with E-state index in [-0.39, 0.29) is 17.7 Å². The van der Waals surface area contributed by atoms with Crippen molar-refractivity contribution in [2.45, 2.75) is 19.8 Å². The molecule has 0 saturated carbocycles. The van der Waals surface area contributed by atoms with Gasteiger partial charge >= 0.3 is 0 Å². The van der Waals surface area contributed by atoms with Gasteiger partial charge in [0.25, 0.3) is 0 Å². The Morgan fingerprint density at radius 2 is 1.95 bits per heavy atom. The first-order valence-corrected chi connectivity index (χ1v) is 6.72. The van der Waals surface area contributed by atoms with Gasteiger partial charge in [-0.25, -0.2) is 0 Å². The van der Waals surface area contributed by atoms with Crippen LogP contribution in [0.4, 0.5) is 0 Å². The number of fused-ring (bicyclic) bond motifs is 3. The molecule has 2 aromatic rings. The molecular weight excluding hydrogens is 248 g/mol. The van der Waals surface area contributed by atoms with Crippen LogP contribution in [-0.4, -0.2) is 0 Å². The molecular formula is C17H16N2O. The van der Waals surface area contributed by atoms with Gasteiger partial charge in [0.15, 0.2) is 0 Å². The maximum Gasteiger partial charge on any atom is 0.205 e. The van der Waals surface area contributed by atoms with Crippen molar-refractivity contribution in [1.82, 2.24) is 0 Å². The monoisotopic (exact) mass is 264 g/mol. The summed E-state index contributed by atoms with van der Waals surface area (Å²) in [5.74, 6) is 1.25. The fourth-order valence-corrected chi connectivity index (χ4v) is 2.95. The Kier molecular flexibility index (Phi) is 2.87. The maximum atomic E-state index is 9.41. The van der Waals surface area contributed by atoms with E-state index in [0.29, 0.717) is 5.57 Å². The van der Waals surface area contributed by atoms with E-state index >= 15 is 0 Å². The molecule has 1 aliphatic rings. The van der Waals surface area contributed by atoms with Crippen LogP contribution in [0.25, 0.3) is 10.8 Å². The van der Waals surface area contributed by atoms with Crippen molar-refractivity contribution in [3.63, 3.8) is 0 Å². The predicted molar refractivity (Wildman–Crippen MR) is 79.0 cm³/mol. The molecule has 3 nitrogen and oxygen atoms in total. The van der Waals surface area contributed by atoms with E-state index in [1.165, 1.54) is 0 Å². The topological polar surface area (TPSA) is 59.0 Å². The third-order valence-corrected chi connectivity index (χ3v) is 3.83. The van der Waals surface area contributed by atoms with Gasteiger partial charge in [-0.15, -0.1) is 0 Å². The van der Waals surface area contributed by atoms with Gasteiger partial charge in [0.2, 0.25) is 5.88 Å². The summed E-state index contributed by atoms with van der Waals surface area (Å²) in [4.78, 5) is 0. The molecule has 0 amide bonds. The molecule has 0 aliphatic carbocycles. The number of nitrogens with zero attached hydrogens (tertiary/aromatic N) is 1. The number of ether oxygens (including phenoxy) is 1. The van der Waals surface area contributed by atoms with Crippen LogP contribution in [-0.2, 0) is 0 Å². The number of hydrogen-bond acceptors (Lipinski definition) is 3. The summed E-state index contributed by atoms with van der Waals surface area (Å²) in [6, 6.07) is 14.3. The van der Waals surface area contributed by atoms with Gasteiger partial charge in [-0.2, -0.15) is 5.26 Å². The second kappa shape index (κ2) is 4.57. The molecule has 0 bridgehead atoms. The summed E-state index contributed by atoms with van der Waals surface area (Å²) < 4.78 is 5.66. The zero-order valence-corrected chi connectivity index (χ0v) is 11.6. The summed E-state index contributed by atoms with van der Waals surface area (Å²) >= 11 is 0. The minimum absolute atomic E-state index is 0.0187. The Balaban J connectivity index is 2.35. The van der Waals surface area contributed by atoms with Crippen LogP contribution in [0, 0.1) is 17.2 Å². The largest absolute Gasteiger partial charge is 0.440 e. The molecule has 100 valence electrons. The molecule has 0 fully saturated rings. The first kappa shape index (κ1) is 12.6. The smallest absolute Gasteiger partial charge is 0.205 e. The number of nitrogens with two attached hydrogens (primary N) is 1. The standard InChI is InChI=1S/C17H16N2O/c1-10(2)15-13(9-18)17(19)20-14-8-7-11-5-3-4-6-12(11)16(14)15/h3-8,10,15H,19H2,1-2H3. The summed E-state index contributed by atoms with van der Waals surface area (Å²) in [5.41, 5.74) is 7.52. The minimum atomic E-state index is -0.0187. The van der Waals surface area contributed by atoms with Gasteiger partial charge in [-0.1, -0.05) is 44.2 Å². The summed E-state index contributed by atoms with van der Waals surface area (Å²) in [6.07, 6.45) is 0. The average Bonchev–Trinajstić information content (AvgIpc) is 2.45. The maximum absolute atomic E-state index is 9.41. The number of allylic oxidation sites excluding steroid dienone is 1. The molecule has 20 heavy (non-hydrogen) atoms. The number of nitriles is 1. The van der Waals surface area contributed by atoms with Crippen molar-refractivity contribution in [3.8, 4) is 11.8 Å². The molecule has 2 N–H and O–H groups in total. The molecule has 0 saturated heterocycles. The molecule has 3 heteroatoms. The van der Waals surface area contributed by atoms with Gasteiger partial charge in [-0.3, -0.25) is 0 Å². The van der Waals surface area contributed by atoms with Crippen LogP contribution < -0.4 is 10.5 Å². The Bertz CT molecular complexity index is 753. The van der Waals surface area contributed by atoms with Crippen molar-refractivity contribution in [3.05, 3.63) is 53.4 Å². The first-order valence-electron chi connectivity index (χ1n) is 6.72. The normalized spacial score (nSPS) is 17.8. The van der Waals surface area contributed by atoms with Gasteiger partial charge in [0.1, 0.15) is 11.8 Å². The van der Waals surface area contributed by atoms with E-state index in [2.05, 4.69) is 32.0 Å². The molecule has 1 atom stereocenters. The highest BCUT2D eigenvalue weighted by atomic mass is 16.5. The van der Waals surface area contributed by atoms with Crippen LogP contribution >= 0.6 is 0 Å². The van der Waals surface area contributed by atoms with Gasteiger partial charge in [-0.05, 0) is 22.8 Å². The van der Waals surface area contributed by atoms with Crippen LogP contribution in [0.1, 0.15) is 25.3 Å². The molecule has 1 unspecified atom stereocenters. The summed E-state index contributed by atoms with van der Waals surface area (Å²) in [7, 11) is 0. The molecule has 1 aliphatic heterocycles. The number of rotatable bonds is 1. The van der Waals surface area contributed by atoms with Crippen LogP contribution in [0.2, 0.25) is 0 Å². The van der Waals surface area contributed by atoms with Crippen molar-refractivity contribution >= 4 is 10.8 Å². The van der Waals surface area contributed by atoms with E-state index in [0.717, 1.165) is 22.1 Å². The summed E-state index contributed by atoms with van der Waals surface area (Å²) in [6.45, 7) is 4.21. The van der Waals surface area contributed by atoms with Crippen molar-refractivity contribution in [2.24, 2.45) is 11.7 Å². The molecule has 1 heterocycles. The Hall–Kier alpha value is -2.47. The van der Waals surface area contributed by atoms with E-state index in [9.17, 15) is 5.26 Å². The Morgan fingerprint density at radius 3 is 2.65 bits per heavy atom. The quantitative estimate of drug-likeness (QED) is 0.855. The van der Waals surface area contributed by atoms with Gasteiger partial charge in [0.05, 0.1) is 5.57 Å². The minimum Gasteiger partial charge on any atom is -0.440 e. The highest BCUT2D eigenvalue weighted by Crippen LogP contribution is 2.45. The zero-order chi connectivity index (χ0) is 14.3. The third kappa shape index (κ3) is 1.73. The third-order valence-electron chi connectivity index (χ3n) is 3.83. The van der Waals surface area contributed by atoms with E-state index in [1.54, 1.807) is 0 Å². The second-order valence-corrected chi connectivity index (χ2v) is 5.41. The molecule has 0 radical (unpaired) electrons. The predicted octanol–water partition coefficient (Wildman–Crippen LogP) is 3.67. The average molecular weight is 264 g/mol. The van der Waals surface area contributed by atoms with Gasteiger partial charge in [0, 0.05) is 11.5 Å². The zero-order valence-electron chi connectivity index (χ0n) is 11.6. The van der Waals surface area contributed by atoms with Crippen LogP contribution in [0.15, 0.2) is 47.9 Å². The first-order chi connectivity index (χ1) is 9.63. The molecule has 2 aromatic carbocycles. The molecule has 0 aromatic heterocycles. The fourth-order valence-electron chi connectivity index (χ4n) is 2.95. The Labute approximate surface area is 118 Å². The van der Waals surface area contributed by atoms with Crippen LogP contribution in [0.5, 0.6) is 5.75 Å². The van der Waals surface area contributed by atoms with Crippen molar-refractivity contribution < 1.29 is 4.74 Å².